The first kappa shape index (κ1) is 16.6. The topological polar surface area (TPSA) is 73.2 Å². The largest absolute Gasteiger partial charge is 0.496 e. The minimum Gasteiger partial charge on any atom is -0.496 e. The highest BCUT2D eigenvalue weighted by Crippen LogP contribution is 2.31. The number of methoxy groups -OCH3 is 1. The maximum atomic E-state index is 12.2. The summed E-state index contributed by atoms with van der Waals surface area (Å²) in [6, 6.07) is 9.07. The van der Waals surface area contributed by atoms with E-state index in [1.165, 1.54) is 24.0 Å². The molecule has 0 unspecified atom stereocenters. The molecule has 24 heavy (non-hydrogen) atoms. The molecule has 1 amide bonds. The van der Waals surface area contributed by atoms with Crippen LogP contribution in [0.4, 0.5) is 0 Å². The molecule has 126 valence electrons. The van der Waals surface area contributed by atoms with Crippen LogP contribution in [0.2, 0.25) is 0 Å². The molecule has 3 rings (SSSR count). The molecule has 1 aliphatic heterocycles. The zero-order valence-corrected chi connectivity index (χ0v) is 14.2. The summed E-state index contributed by atoms with van der Waals surface area (Å²) in [6.07, 6.45) is 2.50. The number of fused-ring (bicyclic) bond motifs is 1. The molecular formula is C17H19N3O3S. The van der Waals surface area contributed by atoms with E-state index in [1.54, 1.807) is 11.7 Å². The van der Waals surface area contributed by atoms with Crippen LogP contribution in [-0.4, -0.2) is 34.9 Å². The molecule has 6 nitrogen and oxygen atoms in total. The molecule has 0 bridgehead atoms. The van der Waals surface area contributed by atoms with Gasteiger partial charge >= 0.3 is 0 Å². The molecule has 0 saturated carbocycles. The Morgan fingerprint density at radius 1 is 1.42 bits per heavy atom. The van der Waals surface area contributed by atoms with Gasteiger partial charge in [0.1, 0.15) is 5.75 Å². The van der Waals surface area contributed by atoms with Crippen LogP contribution in [0.1, 0.15) is 18.0 Å². The Morgan fingerprint density at radius 2 is 2.25 bits per heavy atom. The number of thioether (sulfide) groups is 1. The molecule has 7 heteroatoms. The molecule has 1 aromatic carbocycles. The molecule has 1 aliphatic rings. The third-order valence-corrected chi connectivity index (χ3v) is 5.06. The average Bonchev–Trinajstić information content (AvgIpc) is 2.99. The number of hydrogen-bond donors (Lipinski definition) is 1. The molecule has 0 fully saturated rings. The van der Waals surface area contributed by atoms with Crippen molar-refractivity contribution in [1.82, 2.24) is 14.9 Å². The normalized spacial score (nSPS) is 15.8. The molecule has 1 N–H and O–H groups in total. The number of benzene rings is 1. The van der Waals surface area contributed by atoms with E-state index in [9.17, 15) is 9.59 Å². The van der Waals surface area contributed by atoms with Crippen LogP contribution in [0.25, 0.3) is 0 Å². The molecule has 2 aromatic rings. The first-order valence-electron chi connectivity index (χ1n) is 7.78. The van der Waals surface area contributed by atoms with Crippen molar-refractivity contribution in [2.45, 2.75) is 24.0 Å². The number of nitrogens with zero attached hydrogens (tertiary/aromatic N) is 2. The van der Waals surface area contributed by atoms with Crippen LogP contribution in [0, 0.1) is 0 Å². The van der Waals surface area contributed by atoms with Gasteiger partial charge in [0.05, 0.1) is 13.2 Å². The van der Waals surface area contributed by atoms with E-state index in [1.807, 2.05) is 24.3 Å². The highest BCUT2D eigenvalue weighted by molar-refractivity contribution is 7.99. The smallest absolute Gasteiger partial charge is 0.254 e. The van der Waals surface area contributed by atoms with Crippen molar-refractivity contribution in [3.8, 4) is 5.75 Å². The maximum Gasteiger partial charge on any atom is 0.254 e. The number of ether oxygens (including phenoxy) is 1. The van der Waals surface area contributed by atoms with Crippen molar-refractivity contribution in [3.63, 3.8) is 0 Å². The quantitative estimate of drug-likeness (QED) is 0.806. The molecule has 0 saturated heterocycles. The van der Waals surface area contributed by atoms with Gasteiger partial charge in [0.25, 0.3) is 5.56 Å². The summed E-state index contributed by atoms with van der Waals surface area (Å²) in [7, 11) is 1.64. The molecule has 2 heterocycles. The molecular weight excluding hydrogens is 326 g/mol. The fraction of sp³-hybridized carbons (Fsp3) is 0.353. The number of rotatable bonds is 6. The van der Waals surface area contributed by atoms with Gasteiger partial charge in [0.15, 0.2) is 5.16 Å². The van der Waals surface area contributed by atoms with E-state index >= 15 is 0 Å². The molecule has 1 atom stereocenters. The number of para-hydroxylation sites is 1. The third kappa shape index (κ3) is 3.62. The van der Waals surface area contributed by atoms with Gasteiger partial charge in [-0.25, -0.2) is 4.98 Å². The fourth-order valence-corrected chi connectivity index (χ4v) is 3.89. The van der Waals surface area contributed by atoms with Gasteiger partial charge in [-0.05, 0) is 18.1 Å². The van der Waals surface area contributed by atoms with Crippen molar-refractivity contribution in [3.05, 3.63) is 52.4 Å². The van der Waals surface area contributed by atoms with Crippen LogP contribution in [-0.2, 0) is 11.2 Å². The lowest BCUT2D eigenvalue weighted by Crippen LogP contribution is -2.31. The highest BCUT2D eigenvalue weighted by atomic mass is 32.2. The zero-order chi connectivity index (χ0) is 16.9. The minimum atomic E-state index is -0.127. The lowest BCUT2D eigenvalue weighted by Gasteiger charge is -2.13. The van der Waals surface area contributed by atoms with E-state index in [4.69, 9.17) is 4.74 Å². The van der Waals surface area contributed by atoms with Crippen LogP contribution >= 0.6 is 11.8 Å². The van der Waals surface area contributed by atoms with Gasteiger partial charge in [-0.3, -0.25) is 14.2 Å². The monoisotopic (exact) mass is 345 g/mol. The summed E-state index contributed by atoms with van der Waals surface area (Å²) in [5.41, 5.74) is 0.958. The Hall–Kier alpha value is -2.28. The van der Waals surface area contributed by atoms with Crippen LogP contribution < -0.4 is 15.6 Å². The predicted octanol–water partition coefficient (Wildman–Crippen LogP) is 1.65. The van der Waals surface area contributed by atoms with Gasteiger partial charge in [0, 0.05) is 31.0 Å². The van der Waals surface area contributed by atoms with Crippen molar-refractivity contribution >= 4 is 17.7 Å². The Labute approximate surface area is 144 Å². The molecule has 0 aliphatic carbocycles. The zero-order valence-electron chi connectivity index (χ0n) is 13.4. The van der Waals surface area contributed by atoms with Crippen molar-refractivity contribution < 1.29 is 9.53 Å². The lowest BCUT2D eigenvalue weighted by atomic mass is 10.1. The fourth-order valence-electron chi connectivity index (χ4n) is 2.77. The van der Waals surface area contributed by atoms with Gasteiger partial charge in [-0.2, -0.15) is 0 Å². The first-order chi connectivity index (χ1) is 11.7. The second-order valence-electron chi connectivity index (χ2n) is 5.52. The minimum absolute atomic E-state index is 0.0564. The van der Waals surface area contributed by atoms with E-state index in [-0.39, 0.29) is 23.9 Å². The Kier molecular flexibility index (Phi) is 5.20. The lowest BCUT2D eigenvalue weighted by molar-refractivity contribution is -0.121. The van der Waals surface area contributed by atoms with E-state index in [0.717, 1.165) is 11.3 Å². The van der Waals surface area contributed by atoms with Crippen molar-refractivity contribution in [1.29, 1.82) is 0 Å². The molecule has 0 radical (unpaired) electrons. The maximum absolute atomic E-state index is 12.2. The van der Waals surface area contributed by atoms with Crippen LogP contribution in [0.15, 0.2) is 46.5 Å². The molecule has 0 spiro atoms. The van der Waals surface area contributed by atoms with Crippen molar-refractivity contribution in [2.24, 2.45) is 0 Å². The van der Waals surface area contributed by atoms with E-state index < -0.39 is 0 Å². The summed E-state index contributed by atoms with van der Waals surface area (Å²) < 4.78 is 6.92. The van der Waals surface area contributed by atoms with Gasteiger partial charge in [-0.15, -0.1) is 0 Å². The van der Waals surface area contributed by atoms with Crippen LogP contribution in [0.3, 0.4) is 0 Å². The third-order valence-electron chi connectivity index (χ3n) is 3.95. The SMILES string of the molecule is COc1ccccc1CCNC(=O)C[C@H]1CSc2nccc(=O)n21. The van der Waals surface area contributed by atoms with E-state index in [2.05, 4.69) is 10.3 Å². The highest BCUT2D eigenvalue weighted by Gasteiger charge is 2.26. The average molecular weight is 345 g/mol. The number of carbonyl (C=O) groups is 1. The van der Waals surface area contributed by atoms with E-state index in [0.29, 0.717) is 23.9 Å². The first-order valence-corrected chi connectivity index (χ1v) is 8.76. The summed E-state index contributed by atoms with van der Waals surface area (Å²) in [4.78, 5) is 28.3. The van der Waals surface area contributed by atoms with Crippen molar-refractivity contribution in [2.75, 3.05) is 19.4 Å². The summed E-state index contributed by atoms with van der Waals surface area (Å²) in [5.74, 6) is 1.47. The standard InChI is InChI=1S/C17H19N3O3S/c1-23-14-5-3-2-4-12(14)6-8-18-15(21)10-13-11-24-17-19-9-7-16(22)20(13)17/h2-5,7,9,13H,6,8,10-11H2,1H3,(H,18,21)/t13-/m0/s1. The second-order valence-corrected chi connectivity index (χ2v) is 6.50. The summed E-state index contributed by atoms with van der Waals surface area (Å²) in [5, 5.41) is 3.61. The molecule has 1 aromatic heterocycles. The number of nitrogens with one attached hydrogen (secondary N) is 1. The number of carbonyl (C=O) groups excluding carboxylic acids is 1. The number of amides is 1. The Bertz CT molecular complexity index is 791. The van der Waals surface area contributed by atoms with Gasteiger partial charge in [0.2, 0.25) is 5.91 Å². The Balaban J connectivity index is 1.54. The Morgan fingerprint density at radius 3 is 3.08 bits per heavy atom. The van der Waals surface area contributed by atoms with Gasteiger partial charge in [-0.1, -0.05) is 30.0 Å². The number of hydrogen-bond acceptors (Lipinski definition) is 5. The summed E-state index contributed by atoms with van der Waals surface area (Å²) in [6.45, 7) is 0.536. The second kappa shape index (κ2) is 7.53. The van der Waals surface area contributed by atoms with Gasteiger partial charge < -0.3 is 10.1 Å². The number of aromatic nitrogens is 2. The summed E-state index contributed by atoms with van der Waals surface area (Å²) >= 11 is 1.51. The van der Waals surface area contributed by atoms with Crippen LogP contribution in [0.5, 0.6) is 5.75 Å². The predicted molar refractivity (Wildman–Crippen MR) is 92.6 cm³/mol.